The van der Waals surface area contributed by atoms with Crippen LogP contribution in [0.3, 0.4) is 0 Å². The van der Waals surface area contributed by atoms with Crippen LogP contribution < -0.4 is 4.90 Å². The first-order valence-corrected chi connectivity index (χ1v) is 8.31. The van der Waals surface area contributed by atoms with E-state index in [1.54, 1.807) is 0 Å². The van der Waals surface area contributed by atoms with Gasteiger partial charge in [0.15, 0.2) is 0 Å². The smallest absolute Gasteiger partial charge is 0.325 e. The molecule has 0 amide bonds. The number of ether oxygens (including phenoxy) is 1. The number of nitrogens with zero attached hydrogens (tertiary/aromatic N) is 2. The molecule has 120 valence electrons. The van der Waals surface area contributed by atoms with Gasteiger partial charge in [-0.2, -0.15) is 0 Å². The van der Waals surface area contributed by atoms with Gasteiger partial charge in [0.05, 0.1) is 6.61 Å². The fourth-order valence-electron chi connectivity index (χ4n) is 3.96. The Kier molecular flexibility index (Phi) is 4.39. The fourth-order valence-corrected chi connectivity index (χ4v) is 3.96. The first kappa shape index (κ1) is 15.3. The molecule has 0 aliphatic carbocycles. The van der Waals surface area contributed by atoms with E-state index in [0.29, 0.717) is 25.1 Å². The van der Waals surface area contributed by atoms with E-state index in [-0.39, 0.29) is 5.97 Å². The third-order valence-electron chi connectivity index (χ3n) is 4.91. The number of benzene rings is 1. The number of carbonyl (C=O) groups is 1. The summed E-state index contributed by atoms with van der Waals surface area (Å²) in [6.07, 6.45) is 2.33. The van der Waals surface area contributed by atoms with Crippen LogP contribution in [0.4, 0.5) is 5.69 Å². The molecule has 0 aromatic heterocycles. The Hall–Kier alpha value is -1.55. The Balaban J connectivity index is 1.93. The standard InChI is InChI=1S/C18H26N2O2/c1-4-22-18(21)12-20-16-6-5-9-19(3)11-15(16)14-10-13(2)7-8-17(14)20/h7-8,10,15-16H,4-6,9,11-12H2,1-3H3. The molecule has 2 aliphatic heterocycles. The lowest BCUT2D eigenvalue weighted by atomic mass is 9.92. The summed E-state index contributed by atoms with van der Waals surface area (Å²) in [5.41, 5.74) is 3.93. The molecule has 0 spiro atoms. The molecule has 1 aromatic rings. The summed E-state index contributed by atoms with van der Waals surface area (Å²) in [7, 11) is 2.20. The van der Waals surface area contributed by atoms with E-state index in [4.69, 9.17) is 4.74 Å². The van der Waals surface area contributed by atoms with Crippen LogP contribution in [-0.4, -0.2) is 50.2 Å². The van der Waals surface area contributed by atoms with Crippen LogP contribution in [0.15, 0.2) is 18.2 Å². The highest BCUT2D eigenvalue weighted by Gasteiger charge is 2.40. The summed E-state index contributed by atoms with van der Waals surface area (Å²) in [5.74, 6) is 0.379. The van der Waals surface area contributed by atoms with Crippen LogP contribution in [0.25, 0.3) is 0 Å². The first-order chi connectivity index (χ1) is 10.6. The van der Waals surface area contributed by atoms with Crippen molar-refractivity contribution in [3.63, 3.8) is 0 Å². The zero-order valence-corrected chi connectivity index (χ0v) is 13.8. The number of fused-ring (bicyclic) bond motifs is 3. The van der Waals surface area contributed by atoms with Gasteiger partial charge >= 0.3 is 5.97 Å². The largest absolute Gasteiger partial charge is 0.465 e. The monoisotopic (exact) mass is 302 g/mol. The maximum absolute atomic E-state index is 12.0. The van der Waals surface area contributed by atoms with Crippen molar-refractivity contribution in [1.29, 1.82) is 0 Å². The van der Waals surface area contributed by atoms with E-state index in [1.165, 1.54) is 23.2 Å². The van der Waals surface area contributed by atoms with Gasteiger partial charge in [-0.15, -0.1) is 0 Å². The van der Waals surface area contributed by atoms with E-state index >= 15 is 0 Å². The molecular weight excluding hydrogens is 276 g/mol. The zero-order valence-electron chi connectivity index (χ0n) is 13.8. The summed E-state index contributed by atoms with van der Waals surface area (Å²) in [6.45, 7) is 7.03. The highest BCUT2D eigenvalue weighted by atomic mass is 16.5. The number of anilines is 1. The molecule has 4 nitrogen and oxygen atoms in total. The molecule has 2 aliphatic rings. The van der Waals surface area contributed by atoms with Crippen molar-refractivity contribution in [2.24, 2.45) is 0 Å². The van der Waals surface area contributed by atoms with Crippen LogP contribution in [0, 0.1) is 6.92 Å². The van der Waals surface area contributed by atoms with Gasteiger partial charge < -0.3 is 14.5 Å². The third-order valence-corrected chi connectivity index (χ3v) is 4.91. The molecule has 22 heavy (non-hydrogen) atoms. The van der Waals surface area contributed by atoms with Crippen LogP contribution in [0.1, 0.15) is 36.8 Å². The minimum absolute atomic E-state index is 0.118. The molecule has 2 heterocycles. The second kappa shape index (κ2) is 6.29. The van der Waals surface area contributed by atoms with Gasteiger partial charge in [-0.3, -0.25) is 4.79 Å². The average molecular weight is 302 g/mol. The number of likely N-dealkylation sites (N-methyl/N-ethyl adjacent to an activating group) is 1. The Labute approximate surface area is 133 Å². The second-order valence-corrected chi connectivity index (χ2v) is 6.57. The summed E-state index contributed by atoms with van der Waals surface area (Å²) < 4.78 is 5.18. The summed E-state index contributed by atoms with van der Waals surface area (Å²) in [6, 6.07) is 7.05. The average Bonchev–Trinajstić information content (AvgIpc) is 2.62. The number of likely N-dealkylation sites (tertiary alicyclic amines) is 1. The van der Waals surface area contributed by atoms with Gasteiger partial charge in [-0.1, -0.05) is 17.7 Å². The highest BCUT2D eigenvalue weighted by Crippen LogP contribution is 2.44. The van der Waals surface area contributed by atoms with Gasteiger partial charge in [0, 0.05) is 24.2 Å². The van der Waals surface area contributed by atoms with Crippen molar-refractivity contribution >= 4 is 11.7 Å². The summed E-state index contributed by atoms with van der Waals surface area (Å²) >= 11 is 0. The molecular formula is C18H26N2O2. The van der Waals surface area contributed by atoms with E-state index in [9.17, 15) is 4.79 Å². The fraction of sp³-hybridized carbons (Fsp3) is 0.611. The van der Waals surface area contributed by atoms with Crippen LogP contribution in [0.2, 0.25) is 0 Å². The van der Waals surface area contributed by atoms with Crippen LogP contribution in [0.5, 0.6) is 0 Å². The van der Waals surface area contributed by atoms with Gasteiger partial charge in [0.1, 0.15) is 6.54 Å². The molecule has 1 aromatic carbocycles. The topological polar surface area (TPSA) is 32.8 Å². The number of rotatable bonds is 3. The first-order valence-electron chi connectivity index (χ1n) is 8.31. The predicted molar refractivity (Wildman–Crippen MR) is 88.4 cm³/mol. The minimum atomic E-state index is -0.118. The Morgan fingerprint density at radius 2 is 2.23 bits per heavy atom. The molecule has 0 bridgehead atoms. The lowest BCUT2D eigenvalue weighted by Crippen LogP contribution is -2.39. The maximum atomic E-state index is 12.0. The normalized spacial score (nSPS) is 24.6. The van der Waals surface area contributed by atoms with Crippen LogP contribution >= 0.6 is 0 Å². The number of aryl methyl sites for hydroxylation is 1. The molecule has 1 saturated heterocycles. The third kappa shape index (κ3) is 2.84. The van der Waals surface area contributed by atoms with Crippen LogP contribution in [-0.2, 0) is 9.53 Å². The molecule has 3 rings (SSSR count). The van der Waals surface area contributed by atoms with Gasteiger partial charge in [-0.25, -0.2) is 0 Å². The van der Waals surface area contributed by atoms with Gasteiger partial charge in [0.25, 0.3) is 0 Å². The maximum Gasteiger partial charge on any atom is 0.325 e. The van der Waals surface area contributed by atoms with E-state index < -0.39 is 0 Å². The SMILES string of the molecule is CCOC(=O)CN1c2ccc(C)cc2C2CN(C)CCCC21. The van der Waals surface area contributed by atoms with Crippen molar-refractivity contribution in [2.45, 2.75) is 38.6 Å². The van der Waals surface area contributed by atoms with Gasteiger partial charge in [-0.05, 0) is 51.9 Å². The summed E-state index contributed by atoms with van der Waals surface area (Å²) in [4.78, 5) is 16.7. The predicted octanol–water partition coefficient (Wildman–Crippen LogP) is 2.56. The molecule has 0 N–H and O–H groups in total. The van der Waals surface area contributed by atoms with Crippen molar-refractivity contribution in [3.8, 4) is 0 Å². The van der Waals surface area contributed by atoms with E-state index in [2.05, 4.69) is 42.0 Å². The zero-order chi connectivity index (χ0) is 15.7. The van der Waals surface area contributed by atoms with Crippen molar-refractivity contribution in [1.82, 2.24) is 4.90 Å². The Bertz CT molecular complexity index is 558. The molecule has 2 atom stereocenters. The van der Waals surface area contributed by atoms with Crippen molar-refractivity contribution < 1.29 is 9.53 Å². The number of esters is 1. The molecule has 2 unspecified atom stereocenters. The van der Waals surface area contributed by atoms with Crippen molar-refractivity contribution in [2.75, 3.05) is 38.2 Å². The van der Waals surface area contributed by atoms with Crippen molar-refractivity contribution in [3.05, 3.63) is 29.3 Å². The lowest BCUT2D eigenvalue weighted by molar-refractivity contribution is -0.141. The number of hydrogen-bond acceptors (Lipinski definition) is 4. The molecule has 4 heteroatoms. The Morgan fingerprint density at radius 3 is 3.00 bits per heavy atom. The number of hydrogen-bond donors (Lipinski definition) is 0. The molecule has 0 saturated carbocycles. The Morgan fingerprint density at radius 1 is 1.41 bits per heavy atom. The number of carbonyl (C=O) groups excluding carboxylic acids is 1. The van der Waals surface area contributed by atoms with E-state index in [0.717, 1.165) is 19.5 Å². The van der Waals surface area contributed by atoms with E-state index in [1.807, 2.05) is 6.92 Å². The second-order valence-electron chi connectivity index (χ2n) is 6.57. The lowest BCUT2D eigenvalue weighted by Gasteiger charge is -2.28. The molecule has 0 radical (unpaired) electrons. The minimum Gasteiger partial charge on any atom is -0.465 e. The van der Waals surface area contributed by atoms with Gasteiger partial charge in [0.2, 0.25) is 0 Å². The highest BCUT2D eigenvalue weighted by molar-refractivity contribution is 5.78. The quantitative estimate of drug-likeness (QED) is 0.803. The molecule has 1 fully saturated rings. The summed E-state index contributed by atoms with van der Waals surface area (Å²) in [5, 5.41) is 0.